The average molecular weight is 346 g/mol. The molecule has 8 heteroatoms. The second-order valence-electron chi connectivity index (χ2n) is 5.94. The average Bonchev–Trinajstić information content (AvgIpc) is 3.34. The Morgan fingerprint density at radius 3 is 2.52 bits per heavy atom. The number of aromatic amines is 1. The van der Waals surface area contributed by atoms with Crippen LogP contribution in [0.5, 0.6) is 0 Å². The van der Waals surface area contributed by atoms with Crippen molar-refractivity contribution in [2.24, 2.45) is 0 Å². The number of nitrogens with zero attached hydrogens (tertiary/aromatic N) is 3. The number of H-pyrrole nitrogens is 1. The fourth-order valence-corrected chi connectivity index (χ4v) is 2.65. The Morgan fingerprint density at radius 1 is 1.12 bits per heavy atom. The molecule has 3 aromatic rings. The van der Waals surface area contributed by atoms with Crippen molar-refractivity contribution in [1.82, 2.24) is 19.7 Å². The highest BCUT2D eigenvalue weighted by molar-refractivity contribution is 5.58. The summed E-state index contributed by atoms with van der Waals surface area (Å²) in [6.07, 6.45) is -1.23. The van der Waals surface area contributed by atoms with E-state index in [-0.39, 0.29) is 23.0 Å². The van der Waals surface area contributed by atoms with Crippen molar-refractivity contribution in [1.29, 1.82) is 0 Å². The molecule has 4 rings (SSSR count). The Balaban J connectivity index is 1.93. The van der Waals surface area contributed by atoms with E-state index >= 15 is 0 Å². The number of benzene rings is 1. The SMILES string of the molecule is O=c1ccc(-c2nc(C3CC3)nn2-c2ccccc2C(F)(F)F)c[nH]1. The monoisotopic (exact) mass is 346 g/mol. The predicted molar refractivity (Wildman–Crippen MR) is 84.4 cm³/mol. The third-order valence-corrected chi connectivity index (χ3v) is 4.05. The molecular formula is C17H13F3N4O. The molecule has 2 aromatic heterocycles. The lowest BCUT2D eigenvalue weighted by Crippen LogP contribution is -2.12. The van der Waals surface area contributed by atoms with Crippen molar-refractivity contribution in [2.75, 3.05) is 0 Å². The zero-order valence-electron chi connectivity index (χ0n) is 12.9. The lowest BCUT2D eigenvalue weighted by molar-refractivity contribution is -0.137. The Hall–Kier alpha value is -2.90. The van der Waals surface area contributed by atoms with Gasteiger partial charge < -0.3 is 4.98 Å². The van der Waals surface area contributed by atoms with E-state index < -0.39 is 11.7 Å². The maximum absolute atomic E-state index is 13.4. The van der Waals surface area contributed by atoms with Crippen LogP contribution in [0.15, 0.2) is 47.4 Å². The summed E-state index contributed by atoms with van der Waals surface area (Å²) < 4.78 is 41.4. The highest BCUT2D eigenvalue weighted by Gasteiger charge is 2.36. The summed E-state index contributed by atoms with van der Waals surface area (Å²) in [4.78, 5) is 18.2. The van der Waals surface area contributed by atoms with Gasteiger partial charge >= 0.3 is 6.18 Å². The molecule has 0 bridgehead atoms. The zero-order chi connectivity index (χ0) is 17.6. The number of halogens is 3. The van der Waals surface area contributed by atoms with Crippen LogP contribution in [0.3, 0.4) is 0 Å². The van der Waals surface area contributed by atoms with Gasteiger partial charge in [-0.15, -0.1) is 0 Å². The Kier molecular flexibility index (Phi) is 3.48. The van der Waals surface area contributed by atoms with Gasteiger partial charge in [0.1, 0.15) is 0 Å². The van der Waals surface area contributed by atoms with Crippen molar-refractivity contribution in [3.05, 3.63) is 64.3 Å². The van der Waals surface area contributed by atoms with Crippen LogP contribution in [0.4, 0.5) is 13.2 Å². The van der Waals surface area contributed by atoms with Crippen molar-refractivity contribution in [3.63, 3.8) is 0 Å². The minimum atomic E-state index is -4.51. The summed E-state index contributed by atoms with van der Waals surface area (Å²) in [5.41, 5.74) is -0.674. The van der Waals surface area contributed by atoms with E-state index in [1.165, 1.54) is 41.2 Å². The quantitative estimate of drug-likeness (QED) is 0.789. The van der Waals surface area contributed by atoms with E-state index in [2.05, 4.69) is 15.1 Å². The van der Waals surface area contributed by atoms with Crippen molar-refractivity contribution >= 4 is 0 Å². The number of aromatic nitrogens is 4. The van der Waals surface area contributed by atoms with Crippen LogP contribution in [-0.4, -0.2) is 19.7 Å². The van der Waals surface area contributed by atoms with Crippen LogP contribution in [0, 0.1) is 0 Å². The van der Waals surface area contributed by atoms with E-state index in [1.54, 1.807) is 0 Å². The molecule has 0 spiro atoms. The summed E-state index contributed by atoms with van der Waals surface area (Å²) in [5, 5.41) is 4.33. The van der Waals surface area contributed by atoms with Crippen molar-refractivity contribution in [2.45, 2.75) is 24.9 Å². The smallest absolute Gasteiger partial charge is 0.328 e. The van der Waals surface area contributed by atoms with E-state index in [1.807, 2.05) is 0 Å². The van der Waals surface area contributed by atoms with Crippen molar-refractivity contribution < 1.29 is 13.2 Å². The van der Waals surface area contributed by atoms with E-state index in [0.29, 0.717) is 11.4 Å². The molecule has 1 saturated carbocycles. The standard InChI is InChI=1S/C17H13F3N4O/c18-17(19,20)12-3-1-2-4-13(12)24-16(11-7-8-14(25)21-9-11)22-15(23-24)10-5-6-10/h1-4,7-10H,5-6H2,(H,21,25). The normalized spacial score (nSPS) is 14.7. The van der Waals surface area contributed by atoms with Gasteiger partial charge in [-0.3, -0.25) is 4.79 Å². The number of nitrogens with one attached hydrogen (secondary N) is 1. The molecule has 0 radical (unpaired) electrons. The summed E-state index contributed by atoms with van der Waals surface area (Å²) >= 11 is 0. The molecule has 0 aliphatic heterocycles. The molecule has 0 amide bonds. The van der Waals surface area contributed by atoms with Crippen LogP contribution in [-0.2, 0) is 6.18 Å². The van der Waals surface area contributed by atoms with Gasteiger partial charge in [-0.25, -0.2) is 9.67 Å². The van der Waals surface area contributed by atoms with Gasteiger partial charge in [-0.1, -0.05) is 12.1 Å². The summed E-state index contributed by atoms with van der Waals surface area (Å²) in [6.45, 7) is 0. The van der Waals surface area contributed by atoms with Crippen LogP contribution in [0.1, 0.15) is 30.1 Å². The maximum atomic E-state index is 13.4. The lowest BCUT2D eigenvalue weighted by atomic mass is 10.1. The first-order valence-electron chi connectivity index (χ1n) is 7.76. The first-order valence-corrected chi connectivity index (χ1v) is 7.76. The molecule has 0 unspecified atom stereocenters. The highest BCUT2D eigenvalue weighted by Crippen LogP contribution is 2.40. The fraction of sp³-hybridized carbons (Fsp3) is 0.235. The number of para-hydroxylation sites is 1. The third-order valence-electron chi connectivity index (χ3n) is 4.05. The molecule has 0 saturated heterocycles. The molecule has 1 aliphatic rings. The van der Waals surface area contributed by atoms with E-state index in [9.17, 15) is 18.0 Å². The summed E-state index contributed by atoms with van der Waals surface area (Å²) in [6, 6.07) is 8.07. The van der Waals surface area contributed by atoms with Gasteiger partial charge in [0.25, 0.3) is 0 Å². The predicted octanol–water partition coefficient (Wildman–Crippen LogP) is 3.52. The van der Waals surface area contributed by atoms with E-state index in [0.717, 1.165) is 18.9 Å². The van der Waals surface area contributed by atoms with Crippen LogP contribution in [0.2, 0.25) is 0 Å². The van der Waals surface area contributed by atoms with Crippen LogP contribution in [0.25, 0.3) is 17.1 Å². The molecule has 128 valence electrons. The molecule has 1 fully saturated rings. The number of pyridine rings is 1. The van der Waals surface area contributed by atoms with Crippen molar-refractivity contribution in [3.8, 4) is 17.1 Å². The number of rotatable bonds is 3. The molecule has 0 atom stereocenters. The minimum Gasteiger partial charge on any atom is -0.328 e. The Labute approximate surface area is 140 Å². The number of hydrogen-bond acceptors (Lipinski definition) is 3. The maximum Gasteiger partial charge on any atom is 0.418 e. The van der Waals surface area contributed by atoms with Gasteiger partial charge in [0, 0.05) is 23.7 Å². The Bertz CT molecular complexity index is 966. The first-order chi connectivity index (χ1) is 11.9. The largest absolute Gasteiger partial charge is 0.418 e. The van der Waals surface area contributed by atoms with Crippen LogP contribution >= 0.6 is 0 Å². The van der Waals surface area contributed by atoms with Gasteiger partial charge in [0.05, 0.1) is 11.3 Å². The summed E-state index contributed by atoms with van der Waals surface area (Å²) in [7, 11) is 0. The molecule has 5 nitrogen and oxygen atoms in total. The first kappa shape index (κ1) is 15.6. The summed E-state index contributed by atoms with van der Waals surface area (Å²) in [5.74, 6) is 0.980. The Morgan fingerprint density at radius 2 is 1.88 bits per heavy atom. The van der Waals surface area contributed by atoms with E-state index in [4.69, 9.17) is 0 Å². The molecular weight excluding hydrogens is 333 g/mol. The number of alkyl halides is 3. The minimum absolute atomic E-state index is 0.0874. The molecule has 1 aromatic carbocycles. The zero-order valence-corrected chi connectivity index (χ0v) is 12.9. The molecule has 25 heavy (non-hydrogen) atoms. The number of hydrogen-bond donors (Lipinski definition) is 1. The van der Waals surface area contributed by atoms with Crippen LogP contribution < -0.4 is 5.56 Å². The highest BCUT2D eigenvalue weighted by atomic mass is 19.4. The second-order valence-corrected chi connectivity index (χ2v) is 5.94. The molecule has 1 N–H and O–H groups in total. The topological polar surface area (TPSA) is 63.6 Å². The second kappa shape index (κ2) is 5.58. The van der Waals surface area contributed by atoms with Gasteiger partial charge in [-0.2, -0.15) is 18.3 Å². The van der Waals surface area contributed by atoms with Gasteiger partial charge in [-0.05, 0) is 31.0 Å². The van der Waals surface area contributed by atoms with Gasteiger partial charge in [0.2, 0.25) is 5.56 Å². The van der Waals surface area contributed by atoms with Gasteiger partial charge in [0.15, 0.2) is 11.6 Å². The molecule has 2 heterocycles. The molecule has 1 aliphatic carbocycles. The lowest BCUT2D eigenvalue weighted by Gasteiger charge is -2.13. The third kappa shape index (κ3) is 2.95. The fourth-order valence-electron chi connectivity index (χ4n) is 2.65.